The number of aromatic nitrogens is 1. The molecule has 3 heteroatoms. The summed E-state index contributed by atoms with van der Waals surface area (Å²) < 4.78 is 0. The second kappa shape index (κ2) is 4.53. The number of rotatable bonds is 3. The van der Waals surface area contributed by atoms with Crippen molar-refractivity contribution in [3.05, 3.63) is 42.2 Å². The van der Waals surface area contributed by atoms with Crippen molar-refractivity contribution in [1.29, 1.82) is 0 Å². The molecule has 0 bridgehead atoms. The quantitative estimate of drug-likeness (QED) is 0.880. The molecule has 0 saturated carbocycles. The average Bonchev–Trinajstić information content (AvgIpc) is 2.28. The summed E-state index contributed by atoms with van der Waals surface area (Å²) in [6, 6.07) is 7.65. The first-order valence-electron chi connectivity index (χ1n) is 5.66. The molecule has 17 heavy (non-hydrogen) atoms. The molecule has 2 aromatic rings. The minimum absolute atomic E-state index is 0.0540. The third-order valence-corrected chi connectivity index (χ3v) is 2.99. The zero-order valence-corrected chi connectivity index (χ0v) is 9.92. The zero-order chi connectivity index (χ0) is 12.4. The van der Waals surface area contributed by atoms with Gasteiger partial charge in [0.15, 0.2) is 0 Å². The Balaban J connectivity index is 2.65. The summed E-state index contributed by atoms with van der Waals surface area (Å²) in [4.78, 5) is 15.4. The predicted molar refractivity (Wildman–Crippen MR) is 67.0 cm³/mol. The largest absolute Gasteiger partial charge is 0.481 e. The molecule has 0 radical (unpaired) electrons. The molecule has 0 saturated heterocycles. The van der Waals surface area contributed by atoms with Crippen molar-refractivity contribution in [1.82, 2.24) is 4.98 Å². The maximum atomic E-state index is 11.4. The normalized spacial score (nSPS) is 12.9. The van der Waals surface area contributed by atoms with Gasteiger partial charge in [-0.2, -0.15) is 0 Å². The SMILES string of the molecule is CC(C)C(C(=O)O)c1cccc2ccncc12. The van der Waals surface area contributed by atoms with Crippen LogP contribution in [0.4, 0.5) is 0 Å². The van der Waals surface area contributed by atoms with Gasteiger partial charge >= 0.3 is 5.97 Å². The van der Waals surface area contributed by atoms with Gasteiger partial charge in [-0.15, -0.1) is 0 Å². The number of carbonyl (C=O) groups is 1. The summed E-state index contributed by atoms with van der Waals surface area (Å²) in [5.41, 5.74) is 0.845. The lowest BCUT2D eigenvalue weighted by atomic mass is 9.86. The maximum absolute atomic E-state index is 11.4. The van der Waals surface area contributed by atoms with Crippen molar-refractivity contribution in [2.45, 2.75) is 19.8 Å². The number of fused-ring (bicyclic) bond motifs is 1. The van der Waals surface area contributed by atoms with E-state index in [1.165, 1.54) is 0 Å². The van der Waals surface area contributed by atoms with Crippen LogP contribution in [-0.4, -0.2) is 16.1 Å². The molecule has 1 aromatic carbocycles. The summed E-state index contributed by atoms with van der Waals surface area (Å²) in [6.45, 7) is 3.85. The fourth-order valence-corrected chi connectivity index (χ4v) is 2.19. The topological polar surface area (TPSA) is 50.2 Å². The number of nitrogens with zero attached hydrogens (tertiary/aromatic N) is 1. The van der Waals surface area contributed by atoms with E-state index in [0.29, 0.717) is 0 Å². The Bertz CT molecular complexity index is 543. The Morgan fingerprint density at radius 2 is 2.06 bits per heavy atom. The molecule has 0 spiro atoms. The summed E-state index contributed by atoms with van der Waals surface area (Å²) in [5, 5.41) is 11.3. The van der Waals surface area contributed by atoms with E-state index in [1.54, 1.807) is 12.4 Å². The number of carboxylic acid groups (broad SMARTS) is 1. The molecule has 0 aliphatic carbocycles. The summed E-state index contributed by atoms with van der Waals surface area (Å²) in [6.07, 6.45) is 3.46. The van der Waals surface area contributed by atoms with Crippen LogP contribution in [0.3, 0.4) is 0 Å². The van der Waals surface area contributed by atoms with Gasteiger partial charge in [-0.05, 0) is 22.9 Å². The highest BCUT2D eigenvalue weighted by Crippen LogP contribution is 2.30. The highest BCUT2D eigenvalue weighted by atomic mass is 16.4. The van der Waals surface area contributed by atoms with Crippen LogP contribution in [0.1, 0.15) is 25.3 Å². The van der Waals surface area contributed by atoms with Crippen molar-refractivity contribution in [2.24, 2.45) is 5.92 Å². The van der Waals surface area contributed by atoms with Gasteiger partial charge in [-0.25, -0.2) is 0 Å². The van der Waals surface area contributed by atoms with Gasteiger partial charge in [-0.3, -0.25) is 9.78 Å². The van der Waals surface area contributed by atoms with Crippen molar-refractivity contribution >= 4 is 16.7 Å². The zero-order valence-electron chi connectivity index (χ0n) is 9.92. The Labute approximate surface area is 100 Å². The van der Waals surface area contributed by atoms with E-state index in [4.69, 9.17) is 0 Å². The number of benzene rings is 1. The average molecular weight is 229 g/mol. The van der Waals surface area contributed by atoms with Gasteiger partial charge in [-0.1, -0.05) is 32.0 Å². The standard InChI is InChI=1S/C14H15NO2/c1-9(2)13(14(16)17)11-5-3-4-10-6-7-15-8-12(10)11/h3-9,13H,1-2H3,(H,16,17). The van der Waals surface area contributed by atoms with Crippen LogP contribution in [0.5, 0.6) is 0 Å². The Kier molecular flexibility index (Phi) is 3.09. The first-order valence-corrected chi connectivity index (χ1v) is 5.66. The highest BCUT2D eigenvalue weighted by Gasteiger charge is 2.25. The lowest BCUT2D eigenvalue weighted by Gasteiger charge is -2.18. The molecule has 2 rings (SSSR count). The molecule has 0 aliphatic rings. The first-order chi connectivity index (χ1) is 8.11. The van der Waals surface area contributed by atoms with Crippen molar-refractivity contribution in [2.75, 3.05) is 0 Å². The van der Waals surface area contributed by atoms with Gasteiger partial charge in [0.05, 0.1) is 5.92 Å². The van der Waals surface area contributed by atoms with Gasteiger partial charge in [0.2, 0.25) is 0 Å². The second-order valence-electron chi connectivity index (χ2n) is 4.50. The van der Waals surface area contributed by atoms with E-state index < -0.39 is 11.9 Å². The van der Waals surface area contributed by atoms with Crippen LogP contribution < -0.4 is 0 Å². The number of pyridine rings is 1. The Morgan fingerprint density at radius 3 is 2.71 bits per heavy atom. The molecule has 0 fully saturated rings. The molecule has 1 N–H and O–H groups in total. The monoisotopic (exact) mass is 229 g/mol. The predicted octanol–water partition coefficient (Wildman–Crippen LogP) is 3.06. The lowest BCUT2D eigenvalue weighted by Crippen LogP contribution is -2.17. The lowest BCUT2D eigenvalue weighted by molar-refractivity contribution is -0.139. The van der Waals surface area contributed by atoms with Crippen molar-refractivity contribution < 1.29 is 9.90 Å². The van der Waals surface area contributed by atoms with Crippen LogP contribution in [0.15, 0.2) is 36.7 Å². The molecular formula is C14H15NO2. The van der Waals surface area contributed by atoms with E-state index in [1.807, 2.05) is 38.1 Å². The van der Waals surface area contributed by atoms with Crippen LogP contribution in [-0.2, 0) is 4.79 Å². The van der Waals surface area contributed by atoms with Gasteiger partial charge in [0, 0.05) is 17.8 Å². The third-order valence-electron chi connectivity index (χ3n) is 2.99. The summed E-state index contributed by atoms with van der Waals surface area (Å²) in [7, 11) is 0. The molecular weight excluding hydrogens is 214 g/mol. The van der Waals surface area contributed by atoms with E-state index >= 15 is 0 Å². The van der Waals surface area contributed by atoms with Crippen LogP contribution >= 0.6 is 0 Å². The van der Waals surface area contributed by atoms with Crippen LogP contribution in [0, 0.1) is 5.92 Å². The molecule has 1 atom stereocenters. The van der Waals surface area contributed by atoms with E-state index in [2.05, 4.69) is 4.98 Å². The molecule has 0 amide bonds. The van der Waals surface area contributed by atoms with Gasteiger partial charge < -0.3 is 5.11 Å². The van der Waals surface area contributed by atoms with E-state index in [0.717, 1.165) is 16.3 Å². The molecule has 0 aliphatic heterocycles. The molecule has 88 valence electrons. The van der Waals surface area contributed by atoms with Crippen LogP contribution in [0.2, 0.25) is 0 Å². The Morgan fingerprint density at radius 1 is 1.29 bits per heavy atom. The first kappa shape index (κ1) is 11.6. The fraction of sp³-hybridized carbons (Fsp3) is 0.286. The molecule has 1 unspecified atom stereocenters. The van der Waals surface area contributed by atoms with E-state index in [-0.39, 0.29) is 5.92 Å². The number of carboxylic acids is 1. The number of hydrogen-bond donors (Lipinski definition) is 1. The van der Waals surface area contributed by atoms with Crippen LogP contribution in [0.25, 0.3) is 10.8 Å². The fourth-order valence-electron chi connectivity index (χ4n) is 2.19. The second-order valence-corrected chi connectivity index (χ2v) is 4.50. The molecule has 1 heterocycles. The van der Waals surface area contributed by atoms with Gasteiger partial charge in [0.1, 0.15) is 0 Å². The Hall–Kier alpha value is -1.90. The third kappa shape index (κ3) is 2.13. The summed E-state index contributed by atoms with van der Waals surface area (Å²) in [5.74, 6) is -1.21. The smallest absolute Gasteiger partial charge is 0.311 e. The maximum Gasteiger partial charge on any atom is 0.311 e. The highest BCUT2D eigenvalue weighted by molar-refractivity contribution is 5.90. The number of hydrogen-bond acceptors (Lipinski definition) is 2. The van der Waals surface area contributed by atoms with E-state index in [9.17, 15) is 9.90 Å². The number of aliphatic carboxylic acids is 1. The van der Waals surface area contributed by atoms with Crippen molar-refractivity contribution in [3.63, 3.8) is 0 Å². The summed E-state index contributed by atoms with van der Waals surface area (Å²) >= 11 is 0. The molecule has 3 nitrogen and oxygen atoms in total. The minimum Gasteiger partial charge on any atom is -0.481 e. The minimum atomic E-state index is -0.781. The van der Waals surface area contributed by atoms with Crippen molar-refractivity contribution in [3.8, 4) is 0 Å². The van der Waals surface area contributed by atoms with Gasteiger partial charge in [0.25, 0.3) is 0 Å². The molecule has 1 aromatic heterocycles.